The molecule has 0 atom stereocenters. The zero-order valence-electron chi connectivity index (χ0n) is 12.1. The summed E-state index contributed by atoms with van der Waals surface area (Å²) in [7, 11) is 2.06. The van der Waals surface area contributed by atoms with Crippen LogP contribution in [0.4, 0.5) is 5.69 Å². The van der Waals surface area contributed by atoms with Crippen molar-refractivity contribution >= 4 is 16.7 Å². The predicted octanol–water partition coefficient (Wildman–Crippen LogP) is 3.95. The highest BCUT2D eigenvalue weighted by Crippen LogP contribution is 2.26. The molecular weight excluding hydrogens is 246 g/mol. The molecule has 1 heterocycles. The highest BCUT2D eigenvalue weighted by Gasteiger charge is 2.11. The second-order valence-electron chi connectivity index (χ2n) is 5.52. The van der Waals surface area contributed by atoms with Crippen LogP contribution in [0.5, 0.6) is 0 Å². The van der Waals surface area contributed by atoms with E-state index in [2.05, 4.69) is 43.7 Å². The summed E-state index contributed by atoms with van der Waals surface area (Å²) < 4.78 is 2.15. The zero-order valence-corrected chi connectivity index (χ0v) is 12.1. The van der Waals surface area contributed by atoms with Crippen LogP contribution in [-0.2, 0) is 7.05 Å². The lowest BCUT2D eigenvalue weighted by molar-refractivity contribution is 0.866. The Labute approximate surface area is 119 Å². The van der Waals surface area contributed by atoms with Gasteiger partial charge >= 0.3 is 0 Å². The van der Waals surface area contributed by atoms with Gasteiger partial charge in [0.25, 0.3) is 0 Å². The quantitative estimate of drug-likeness (QED) is 0.713. The Morgan fingerprint density at radius 3 is 2.40 bits per heavy atom. The Morgan fingerprint density at radius 2 is 1.75 bits per heavy atom. The van der Waals surface area contributed by atoms with Crippen molar-refractivity contribution in [3.8, 4) is 11.4 Å². The second-order valence-corrected chi connectivity index (χ2v) is 5.52. The fourth-order valence-corrected chi connectivity index (χ4v) is 2.46. The largest absolute Gasteiger partial charge is 0.399 e. The van der Waals surface area contributed by atoms with E-state index in [0.717, 1.165) is 22.6 Å². The first-order chi connectivity index (χ1) is 9.56. The van der Waals surface area contributed by atoms with Gasteiger partial charge in [-0.2, -0.15) is 0 Å². The van der Waals surface area contributed by atoms with Gasteiger partial charge in [-0.15, -0.1) is 0 Å². The first-order valence-electron chi connectivity index (χ1n) is 6.88. The van der Waals surface area contributed by atoms with Gasteiger partial charge in [-0.25, -0.2) is 4.98 Å². The number of aryl methyl sites for hydroxylation is 1. The van der Waals surface area contributed by atoms with Gasteiger partial charge in [0.2, 0.25) is 0 Å². The molecule has 0 aliphatic heterocycles. The summed E-state index contributed by atoms with van der Waals surface area (Å²) in [5.74, 6) is 1.50. The summed E-state index contributed by atoms with van der Waals surface area (Å²) in [5.41, 5.74) is 11.1. The van der Waals surface area contributed by atoms with Crippen LogP contribution in [0.25, 0.3) is 22.4 Å². The molecule has 3 rings (SSSR count). The van der Waals surface area contributed by atoms with Gasteiger partial charge in [0.15, 0.2) is 0 Å². The second kappa shape index (κ2) is 4.67. The molecule has 2 N–H and O–H groups in total. The van der Waals surface area contributed by atoms with Crippen molar-refractivity contribution < 1.29 is 0 Å². The molecule has 0 unspecified atom stereocenters. The minimum absolute atomic E-state index is 0.522. The van der Waals surface area contributed by atoms with E-state index in [9.17, 15) is 0 Å². The number of aromatic nitrogens is 2. The normalized spacial score (nSPS) is 11.4. The molecule has 3 aromatic rings. The third-order valence-corrected chi connectivity index (χ3v) is 3.74. The molecule has 0 saturated carbocycles. The summed E-state index contributed by atoms with van der Waals surface area (Å²) in [6.45, 7) is 4.41. The van der Waals surface area contributed by atoms with Crippen molar-refractivity contribution in [1.29, 1.82) is 0 Å². The van der Waals surface area contributed by atoms with E-state index in [1.54, 1.807) is 0 Å². The molecule has 0 spiro atoms. The number of anilines is 1. The molecule has 2 aromatic carbocycles. The van der Waals surface area contributed by atoms with Crippen molar-refractivity contribution in [3.05, 3.63) is 48.0 Å². The van der Waals surface area contributed by atoms with Crippen molar-refractivity contribution in [2.45, 2.75) is 19.8 Å². The van der Waals surface area contributed by atoms with Crippen LogP contribution >= 0.6 is 0 Å². The molecule has 3 nitrogen and oxygen atoms in total. The SMILES string of the molecule is CC(C)c1ccc2nc(-c3ccc(N)cc3)n(C)c2c1. The number of rotatable bonds is 2. The standard InChI is InChI=1S/C17H19N3/c1-11(2)13-6-9-15-16(10-13)20(3)17(19-15)12-4-7-14(18)8-5-12/h4-11H,18H2,1-3H3. The van der Waals surface area contributed by atoms with E-state index in [1.807, 2.05) is 24.3 Å². The Bertz CT molecular complexity index is 752. The van der Waals surface area contributed by atoms with E-state index in [0.29, 0.717) is 5.92 Å². The van der Waals surface area contributed by atoms with E-state index in [-0.39, 0.29) is 0 Å². The van der Waals surface area contributed by atoms with E-state index >= 15 is 0 Å². The third kappa shape index (κ3) is 2.05. The van der Waals surface area contributed by atoms with Gasteiger partial charge < -0.3 is 10.3 Å². The summed E-state index contributed by atoms with van der Waals surface area (Å²) in [6, 6.07) is 14.3. The molecule has 0 aliphatic rings. The van der Waals surface area contributed by atoms with Crippen LogP contribution in [0.2, 0.25) is 0 Å². The summed E-state index contributed by atoms with van der Waals surface area (Å²) in [6.07, 6.45) is 0. The molecule has 20 heavy (non-hydrogen) atoms. The zero-order chi connectivity index (χ0) is 14.3. The van der Waals surface area contributed by atoms with Crippen LogP contribution in [-0.4, -0.2) is 9.55 Å². The molecule has 102 valence electrons. The fourth-order valence-electron chi connectivity index (χ4n) is 2.46. The van der Waals surface area contributed by atoms with Gasteiger partial charge in [-0.1, -0.05) is 19.9 Å². The maximum atomic E-state index is 5.74. The topological polar surface area (TPSA) is 43.8 Å². The molecule has 0 amide bonds. The average molecular weight is 265 g/mol. The molecular formula is C17H19N3. The fraction of sp³-hybridized carbons (Fsp3) is 0.235. The van der Waals surface area contributed by atoms with Crippen molar-refractivity contribution in [1.82, 2.24) is 9.55 Å². The first kappa shape index (κ1) is 12.7. The van der Waals surface area contributed by atoms with Crippen molar-refractivity contribution in [3.63, 3.8) is 0 Å². The monoisotopic (exact) mass is 265 g/mol. The van der Waals surface area contributed by atoms with Crippen molar-refractivity contribution in [2.75, 3.05) is 5.73 Å². The highest BCUT2D eigenvalue weighted by atomic mass is 15.1. The molecule has 3 heteroatoms. The van der Waals surface area contributed by atoms with Gasteiger partial charge in [-0.3, -0.25) is 0 Å². The number of benzene rings is 2. The Kier molecular flexibility index (Phi) is 2.97. The maximum Gasteiger partial charge on any atom is 0.140 e. The number of imidazole rings is 1. The lowest BCUT2D eigenvalue weighted by Crippen LogP contribution is -1.94. The first-order valence-corrected chi connectivity index (χ1v) is 6.88. The average Bonchev–Trinajstić information content (AvgIpc) is 2.76. The summed E-state index contributed by atoms with van der Waals surface area (Å²) >= 11 is 0. The summed E-state index contributed by atoms with van der Waals surface area (Å²) in [4.78, 5) is 4.73. The van der Waals surface area contributed by atoms with Crippen LogP contribution < -0.4 is 5.73 Å². The molecule has 0 bridgehead atoms. The number of nitrogens with two attached hydrogens (primary N) is 1. The van der Waals surface area contributed by atoms with E-state index in [1.165, 1.54) is 11.1 Å². The van der Waals surface area contributed by atoms with Crippen LogP contribution in [0.3, 0.4) is 0 Å². The molecule has 0 aliphatic carbocycles. The molecule has 0 fully saturated rings. The number of nitrogen functional groups attached to an aromatic ring is 1. The van der Waals surface area contributed by atoms with E-state index in [4.69, 9.17) is 10.7 Å². The summed E-state index contributed by atoms with van der Waals surface area (Å²) in [5, 5.41) is 0. The van der Waals surface area contributed by atoms with Gasteiger partial charge in [-0.05, 0) is 47.9 Å². The van der Waals surface area contributed by atoms with Crippen molar-refractivity contribution in [2.24, 2.45) is 7.05 Å². The smallest absolute Gasteiger partial charge is 0.140 e. The number of nitrogens with zero attached hydrogens (tertiary/aromatic N) is 2. The third-order valence-electron chi connectivity index (χ3n) is 3.74. The van der Waals surface area contributed by atoms with Crippen LogP contribution in [0, 0.1) is 0 Å². The molecule has 0 saturated heterocycles. The lowest BCUT2D eigenvalue weighted by atomic mass is 10.0. The number of hydrogen-bond donors (Lipinski definition) is 1. The van der Waals surface area contributed by atoms with Gasteiger partial charge in [0.05, 0.1) is 11.0 Å². The van der Waals surface area contributed by atoms with Crippen LogP contribution in [0.1, 0.15) is 25.3 Å². The minimum atomic E-state index is 0.522. The number of hydrogen-bond acceptors (Lipinski definition) is 2. The highest BCUT2D eigenvalue weighted by molar-refractivity contribution is 5.81. The van der Waals surface area contributed by atoms with Crippen LogP contribution in [0.15, 0.2) is 42.5 Å². The minimum Gasteiger partial charge on any atom is -0.399 e. The number of fused-ring (bicyclic) bond motifs is 1. The van der Waals surface area contributed by atoms with E-state index < -0.39 is 0 Å². The van der Waals surface area contributed by atoms with Gasteiger partial charge in [0, 0.05) is 18.3 Å². The Morgan fingerprint density at radius 1 is 1.05 bits per heavy atom. The maximum absolute atomic E-state index is 5.74. The predicted molar refractivity (Wildman–Crippen MR) is 84.7 cm³/mol. The lowest BCUT2D eigenvalue weighted by Gasteiger charge is -2.06. The molecule has 0 radical (unpaired) electrons. The molecule has 1 aromatic heterocycles. The Balaban J connectivity index is 2.17. The van der Waals surface area contributed by atoms with Gasteiger partial charge in [0.1, 0.15) is 5.82 Å². The Hall–Kier alpha value is -2.29.